The van der Waals surface area contributed by atoms with Crippen molar-refractivity contribution in [3.63, 3.8) is 0 Å². The van der Waals surface area contributed by atoms with Crippen LogP contribution in [0.25, 0.3) is 0 Å². The van der Waals surface area contributed by atoms with Crippen molar-refractivity contribution in [2.45, 2.75) is 25.2 Å². The highest BCUT2D eigenvalue weighted by atomic mass is 79.9. The molecule has 1 amide bonds. The first-order chi connectivity index (χ1) is 7.02. The van der Waals surface area contributed by atoms with Crippen LogP contribution in [0.3, 0.4) is 0 Å². The molecular formula is C11H16BrNO2. The number of carbonyl (C=O) groups is 1. The minimum Gasteiger partial charge on any atom is -0.472 e. The van der Waals surface area contributed by atoms with Crippen LogP contribution in [0.15, 0.2) is 23.0 Å². The van der Waals surface area contributed by atoms with E-state index >= 15 is 0 Å². The van der Waals surface area contributed by atoms with Crippen molar-refractivity contribution in [1.82, 2.24) is 4.90 Å². The molecular weight excluding hydrogens is 258 g/mol. The highest BCUT2D eigenvalue weighted by Gasteiger charge is 2.22. The lowest BCUT2D eigenvalue weighted by molar-refractivity contribution is -0.130. The largest absolute Gasteiger partial charge is 0.472 e. The zero-order valence-electron chi connectivity index (χ0n) is 9.24. The molecule has 1 heterocycles. The molecule has 0 aliphatic heterocycles. The van der Waals surface area contributed by atoms with Crippen molar-refractivity contribution in [2.75, 3.05) is 7.05 Å². The Bertz CT molecular complexity index is 308. The summed E-state index contributed by atoms with van der Waals surface area (Å²) >= 11 is 3.40. The first-order valence-electron chi connectivity index (χ1n) is 4.92. The number of nitrogens with zero attached hydrogens (tertiary/aromatic N) is 1. The van der Waals surface area contributed by atoms with Crippen molar-refractivity contribution in [2.24, 2.45) is 5.92 Å². The molecule has 0 spiro atoms. The van der Waals surface area contributed by atoms with Crippen LogP contribution < -0.4 is 0 Å². The summed E-state index contributed by atoms with van der Waals surface area (Å²) < 4.78 is 4.95. The van der Waals surface area contributed by atoms with Gasteiger partial charge in [-0.05, 0) is 12.0 Å². The Morgan fingerprint density at radius 3 is 2.73 bits per heavy atom. The number of amides is 1. The minimum absolute atomic E-state index is 0.103. The molecule has 4 heteroatoms. The lowest BCUT2D eigenvalue weighted by atomic mass is 10.1. The van der Waals surface area contributed by atoms with Gasteiger partial charge in [-0.15, -0.1) is 0 Å². The third-order valence-corrected chi connectivity index (χ3v) is 3.65. The normalized spacial score (nSPS) is 12.9. The van der Waals surface area contributed by atoms with Crippen molar-refractivity contribution >= 4 is 21.8 Å². The predicted molar refractivity (Wildman–Crippen MR) is 62.7 cm³/mol. The molecule has 1 aromatic heterocycles. The molecule has 15 heavy (non-hydrogen) atoms. The number of rotatable bonds is 4. The molecule has 1 atom stereocenters. The van der Waals surface area contributed by atoms with Crippen LogP contribution in [0, 0.1) is 5.92 Å². The summed E-state index contributed by atoms with van der Waals surface area (Å²) in [5.41, 5.74) is 1.01. The molecule has 0 aliphatic rings. The number of hydrogen-bond acceptors (Lipinski definition) is 2. The van der Waals surface area contributed by atoms with Gasteiger partial charge in [0.1, 0.15) is 0 Å². The highest BCUT2D eigenvalue weighted by molar-refractivity contribution is 9.10. The van der Waals surface area contributed by atoms with Gasteiger partial charge in [-0.25, -0.2) is 0 Å². The zero-order valence-corrected chi connectivity index (χ0v) is 10.8. The summed E-state index contributed by atoms with van der Waals surface area (Å²) in [5, 5.41) is 0. The Kier molecular flexibility index (Phi) is 4.39. The van der Waals surface area contributed by atoms with Crippen molar-refractivity contribution in [3.8, 4) is 0 Å². The van der Waals surface area contributed by atoms with Crippen LogP contribution >= 0.6 is 15.9 Å². The van der Waals surface area contributed by atoms with E-state index in [0.29, 0.717) is 12.5 Å². The van der Waals surface area contributed by atoms with E-state index in [4.69, 9.17) is 4.42 Å². The molecule has 0 bridgehead atoms. The second-order valence-electron chi connectivity index (χ2n) is 3.97. The molecule has 1 aromatic rings. The van der Waals surface area contributed by atoms with E-state index < -0.39 is 0 Å². The lowest BCUT2D eigenvalue weighted by Crippen LogP contribution is -2.35. The molecule has 1 unspecified atom stereocenters. The first kappa shape index (κ1) is 12.3. The maximum atomic E-state index is 11.9. The molecule has 0 aliphatic carbocycles. The molecule has 0 N–H and O–H groups in total. The molecule has 1 rings (SSSR count). The van der Waals surface area contributed by atoms with Gasteiger partial charge >= 0.3 is 0 Å². The Hall–Kier alpha value is -0.770. The van der Waals surface area contributed by atoms with Crippen LogP contribution in [0.4, 0.5) is 0 Å². The van der Waals surface area contributed by atoms with Gasteiger partial charge in [0, 0.05) is 19.2 Å². The predicted octanol–water partition coefficient (Wildman–Crippen LogP) is 2.66. The molecule has 0 saturated heterocycles. The quantitative estimate of drug-likeness (QED) is 0.791. The summed E-state index contributed by atoms with van der Waals surface area (Å²) in [6, 6.07) is 1.86. The molecule has 0 fully saturated rings. The average molecular weight is 274 g/mol. The fourth-order valence-corrected chi connectivity index (χ4v) is 1.58. The maximum absolute atomic E-state index is 11.9. The number of carbonyl (C=O) groups excluding carboxylic acids is 1. The van der Waals surface area contributed by atoms with Gasteiger partial charge in [-0.2, -0.15) is 0 Å². The Balaban J connectivity index is 2.54. The van der Waals surface area contributed by atoms with Crippen molar-refractivity contribution in [3.05, 3.63) is 24.2 Å². The summed E-state index contributed by atoms with van der Waals surface area (Å²) in [7, 11) is 1.80. The van der Waals surface area contributed by atoms with Crippen LogP contribution in [-0.4, -0.2) is 22.7 Å². The fraction of sp³-hybridized carbons (Fsp3) is 0.545. The summed E-state index contributed by atoms with van der Waals surface area (Å²) in [4.78, 5) is 13.4. The number of alkyl halides is 1. The standard InChI is InChI=1S/C11H16BrNO2/c1-8(2)10(12)11(14)13(3)6-9-4-5-15-7-9/h4-5,7-8,10H,6H2,1-3H3. The van der Waals surface area contributed by atoms with E-state index in [-0.39, 0.29) is 10.7 Å². The van der Waals surface area contributed by atoms with Gasteiger partial charge in [0.2, 0.25) is 5.91 Å². The average Bonchev–Trinajstić information content (AvgIpc) is 2.67. The van der Waals surface area contributed by atoms with Gasteiger partial charge in [-0.1, -0.05) is 29.8 Å². The van der Waals surface area contributed by atoms with E-state index in [9.17, 15) is 4.79 Å². The van der Waals surface area contributed by atoms with E-state index in [1.807, 2.05) is 19.9 Å². The second kappa shape index (κ2) is 5.35. The SMILES string of the molecule is CC(C)C(Br)C(=O)N(C)Cc1ccoc1. The fourth-order valence-electron chi connectivity index (χ4n) is 1.23. The first-order valence-corrected chi connectivity index (χ1v) is 5.84. The van der Waals surface area contributed by atoms with Gasteiger partial charge in [0.25, 0.3) is 0 Å². The number of halogens is 1. The molecule has 0 aromatic carbocycles. The van der Waals surface area contributed by atoms with Gasteiger partial charge in [0.15, 0.2) is 0 Å². The summed E-state index contributed by atoms with van der Waals surface area (Å²) in [5.74, 6) is 0.399. The van der Waals surface area contributed by atoms with Crippen LogP contribution in [0.2, 0.25) is 0 Å². The van der Waals surface area contributed by atoms with E-state index in [1.54, 1.807) is 24.5 Å². The van der Waals surface area contributed by atoms with E-state index in [2.05, 4.69) is 15.9 Å². The third-order valence-electron chi connectivity index (χ3n) is 2.20. The number of furan rings is 1. The molecule has 0 saturated carbocycles. The highest BCUT2D eigenvalue weighted by Crippen LogP contribution is 2.15. The molecule has 3 nitrogen and oxygen atoms in total. The Labute approximate surface area is 98.6 Å². The smallest absolute Gasteiger partial charge is 0.236 e. The summed E-state index contributed by atoms with van der Waals surface area (Å²) in [6.45, 7) is 4.62. The van der Waals surface area contributed by atoms with Crippen LogP contribution in [0.1, 0.15) is 19.4 Å². The lowest BCUT2D eigenvalue weighted by Gasteiger charge is -2.21. The van der Waals surface area contributed by atoms with Gasteiger partial charge < -0.3 is 9.32 Å². The third kappa shape index (κ3) is 3.38. The Morgan fingerprint density at radius 2 is 2.27 bits per heavy atom. The number of hydrogen-bond donors (Lipinski definition) is 0. The van der Waals surface area contributed by atoms with E-state index in [0.717, 1.165) is 5.56 Å². The minimum atomic E-state index is -0.116. The van der Waals surface area contributed by atoms with Crippen LogP contribution in [-0.2, 0) is 11.3 Å². The Morgan fingerprint density at radius 1 is 1.60 bits per heavy atom. The van der Waals surface area contributed by atoms with Gasteiger partial charge in [0.05, 0.1) is 17.4 Å². The zero-order chi connectivity index (χ0) is 11.4. The van der Waals surface area contributed by atoms with Crippen molar-refractivity contribution < 1.29 is 9.21 Å². The summed E-state index contributed by atoms with van der Waals surface area (Å²) in [6.07, 6.45) is 3.27. The van der Waals surface area contributed by atoms with Crippen LogP contribution in [0.5, 0.6) is 0 Å². The maximum Gasteiger partial charge on any atom is 0.236 e. The van der Waals surface area contributed by atoms with E-state index in [1.165, 1.54) is 0 Å². The second-order valence-corrected chi connectivity index (χ2v) is 4.96. The molecule has 84 valence electrons. The monoisotopic (exact) mass is 273 g/mol. The van der Waals surface area contributed by atoms with Crippen molar-refractivity contribution in [1.29, 1.82) is 0 Å². The topological polar surface area (TPSA) is 33.5 Å². The molecule has 0 radical (unpaired) electrons. The van der Waals surface area contributed by atoms with Gasteiger partial charge in [-0.3, -0.25) is 4.79 Å².